The van der Waals surface area contributed by atoms with Crippen molar-refractivity contribution in [1.29, 1.82) is 0 Å². The van der Waals surface area contributed by atoms with E-state index in [0.717, 1.165) is 88.0 Å². The molecule has 0 radical (unpaired) electrons. The van der Waals surface area contributed by atoms with Crippen LogP contribution in [-0.2, 0) is 17.9 Å². The molecule has 0 saturated heterocycles. The number of benzene rings is 4. The minimum atomic E-state index is -0.343. The first kappa shape index (κ1) is 34.1. The topological polar surface area (TPSA) is 138 Å². The molecule has 2 aliphatic rings. The number of Topliss-reactive ketones (excluding diaryl/α,β-unsaturated/α-hetero) is 1. The number of carbonyl (C=O) groups is 1. The summed E-state index contributed by atoms with van der Waals surface area (Å²) in [6.45, 7) is 5.61. The maximum Gasteiger partial charge on any atom is 0.231 e. The Kier molecular flexibility index (Phi) is 8.52. The molecule has 2 N–H and O–H groups in total. The zero-order valence-corrected chi connectivity index (χ0v) is 31.9. The summed E-state index contributed by atoms with van der Waals surface area (Å²) in [6.07, 6.45) is 3.66. The summed E-state index contributed by atoms with van der Waals surface area (Å²) in [5.41, 5.74) is 7.58. The van der Waals surface area contributed by atoms with Gasteiger partial charge in [-0.05, 0) is 58.7 Å². The minimum Gasteiger partial charge on any atom is -0.454 e. The third-order valence-electron chi connectivity index (χ3n) is 10.2. The van der Waals surface area contributed by atoms with Crippen LogP contribution >= 0.6 is 22.7 Å². The SMILES string of the molecule is CC(C(=O)C(C)c1cccc(-c2cnc3sc(NCc4ccc5c(c4)OCO5)nn23)c1)c1cccc(-c2cnc3sc(NCc4ccc5c(c4)OCO5)nn23)c1. The van der Waals surface area contributed by atoms with E-state index in [4.69, 9.17) is 29.1 Å². The van der Waals surface area contributed by atoms with Gasteiger partial charge in [-0.3, -0.25) is 4.79 Å². The summed E-state index contributed by atoms with van der Waals surface area (Å²) < 4.78 is 25.6. The summed E-state index contributed by atoms with van der Waals surface area (Å²) in [6, 6.07) is 28.0. The molecule has 2 aliphatic heterocycles. The highest BCUT2D eigenvalue weighted by Crippen LogP contribution is 2.36. The van der Waals surface area contributed by atoms with Crippen molar-refractivity contribution in [2.24, 2.45) is 0 Å². The number of fused-ring (bicyclic) bond motifs is 4. The first-order chi connectivity index (χ1) is 27.4. The van der Waals surface area contributed by atoms with E-state index in [1.165, 1.54) is 22.7 Å². The average Bonchev–Trinajstić information content (AvgIpc) is 4.09. The van der Waals surface area contributed by atoms with E-state index in [1.807, 2.05) is 108 Å². The fourth-order valence-electron chi connectivity index (χ4n) is 7.02. The van der Waals surface area contributed by atoms with Crippen LogP contribution in [0.4, 0.5) is 10.3 Å². The molecule has 8 aromatic rings. The molecule has 4 aromatic carbocycles. The van der Waals surface area contributed by atoms with Gasteiger partial charge in [-0.25, -0.2) is 19.0 Å². The lowest BCUT2D eigenvalue weighted by Gasteiger charge is -2.18. The zero-order chi connectivity index (χ0) is 37.8. The van der Waals surface area contributed by atoms with E-state index in [-0.39, 0.29) is 31.2 Å². The number of anilines is 2. The fraction of sp³-hybridized carbons (Fsp3) is 0.195. The van der Waals surface area contributed by atoms with Gasteiger partial charge in [0, 0.05) is 36.1 Å². The predicted octanol–water partition coefficient (Wildman–Crippen LogP) is 8.39. The van der Waals surface area contributed by atoms with Crippen LogP contribution in [0, 0.1) is 0 Å². The average molecular weight is 783 g/mol. The van der Waals surface area contributed by atoms with Crippen LogP contribution in [0.15, 0.2) is 97.3 Å². The van der Waals surface area contributed by atoms with Gasteiger partial charge in [-0.2, -0.15) is 0 Å². The molecule has 2 unspecified atom stereocenters. The fourth-order valence-corrected chi connectivity index (χ4v) is 8.56. The van der Waals surface area contributed by atoms with Gasteiger partial charge in [-0.1, -0.05) is 85.1 Å². The normalized spacial score (nSPS) is 14.0. The molecule has 56 heavy (non-hydrogen) atoms. The Morgan fingerprint density at radius 3 is 1.59 bits per heavy atom. The Bertz CT molecular complexity index is 2590. The number of ketones is 1. The van der Waals surface area contributed by atoms with Crippen LogP contribution < -0.4 is 29.6 Å². The summed E-state index contributed by atoms with van der Waals surface area (Å²) >= 11 is 2.96. The molecule has 2 atom stereocenters. The van der Waals surface area contributed by atoms with Crippen molar-refractivity contribution in [1.82, 2.24) is 29.2 Å². The van der Waals surface area contributed by atoms with Gasteiger partial charge in [-0.15, -0.1) is 10.2 Å². The number of ether oxygens (including phenoxy) is 4. The number of aromatic nitrogens is 6. The second-order valence-corrected chi connectivity index (χ2v) is 15.6. The molecule has 0 saturated carbocycles. The zero-order valence-electron chi connectivity index (χ0n) is 30.3. The van der Waals surface area contributed by atoms with Crippen molar-refractivity contribution in [3.05, 3.63) is 120 Å². The molecule has 4 aromatic heterocycles. The van der Waals surface area contributed by atoms with Crippen LogP contribution in [0.3, 0.4) is 0 Å². The van der Waals surface area contributed by atoms with Crippen molar-refractivity contribution >= 4 is 48.6 Å². The van der Waals surface area contributed by atoms with Gasteiger partial charge in [0.25, 0.3) is 0 Å². The quantitative estimate of drug-likeness (QED) is 0.124. The second kappa shape index (κ2) is 14.0. The van der Waals surface area contributed by atoms with Crippen LogP contribution in [0.25, 0.3) is 32.4 Å². The van der Waals surface area contributed by atoms with Crippen molar-refractivity contribution < 1.29 is 23.7 Å². The first-order valence-corrected chi connectivity index (χ1v) is 19.7. The van der Waals surface area contributed by atoms with Crippen molar-refractivity contribution in [3.63, 3.8) is 0 Å². The molecule has 15 heteroatoms. The highest BCUT2D eigenvalue weighted by molar-refractivity contribution is 7.20. The van der Waals surface area contributed by atoms with Crippen LogP contribution in [0.1, 0.15) is 47.9 Å². The third-order valence-corrected chi connectivity index (χ3v) is 11.9. The number of rotatable bonds is 12. The van der Waals surface area contributed by atoms with Gasteiger partial charge in [0.05, 0.1) is 23.8 Å². The van der Waals surface area contributed by atoms with Gasteiger partial charge in [0.15, 0.2) is 23.0 Å². The molecule has 13 nitrogen and oxygen atoms in total. The molecule has 6 heterocycles. The number of nitrogens with zero attached hydrogens (tertiary/aromatic N) is 6. The van der Waals surface area contributed by atoms with Crippen LogP contribution in [0.2, 0.25) is 0 Å². The van der Waals surface area contributed by atoms with E-state index in [0.29, 0.717) is 13.1 Å². The number of hydrogen-bond donors (Lipinski definition) is 2. The lowest BCUT2D eigenvalue weighted by molar-refractivity contribution is -0.121. The number of nitrogens with one attached hydrogen (secondary N) is 2. The van der Waals surface area contributed by atoms with E-state index in [2.05, 4.69) is 32.7 Å². The Labute approximate surface area is 328 Å². The Morgan fingerprint density at radius 1 is 0.643 bits per heavy atom. The largest absolute Gasteiger partial charge is 0.454 e. The van der Waals surface area contributed by atoms with E-state index in [1.54, 1.807) is 0 Å². The standard InChI is InChI=1S/C41H34N8O5S2/c1-23(27-5-3-7-29(15-27)31-19-44-40-48(31)46-38(55-40)42-17-25-9-11-33-35(13-25)53-21-51-33)37(50)24(2)28-6-4-8-30(16-28)32-20-45-41-49(32)47-39(56-41)43-18-26-10-12-34-36(14-26)54-22-52-34/h3-16,19-20,23-24H,17-18,21-22H2,1-2H3,(H,42,46)(H,43,47). The van der Waals surface area contributed by atoms with Gasteiger partial charge >= 0.3 is 0 Å². The van der Waals surface area contributed by atoms with Gasteiger partial charge in [0.2, 0.25) is 33.8 Å². The number of imidazole rings is 2. The Morgan fingerprint density at radius 2 is 1.11 bits per heavy atom. The molecule has 0 spiro atoms. The Hall–Kier alpha value is -6.45. The third kappa shape index (κ3) is 6.33. The van der Waals surface area contributed by atoms with E-state index >= 15 is 0 Å². The monoisotopic (exact) mass is 782 g/mol. The predicted molar refractivity (Wildman–Crippen MR) is 214 cm³/mol. The van der Waals surface area contributed by atoms with Crippen LogP contribution in [0.5, 0.6) is 23.0 Å². The van der Waals surface area contributed by atoms with Crippen molar-refractivity contribution in [2.45, 2.75) is 38.8 Å². The summed E-state index contributed by atoms with van der Waals surface area (Å²) in [7, 11) is 0. The second-order valence-electron chi connectivity index (χ2n) is 13.7. The molecule has 10 rings (SSSR count). The minimum absolute atomic E-state index is 0.128. The van der Waals surface area contributed by atoms with Crippen LogP contribution in [-0.4, -0.2) is 48.6 Å². The van der Waals surface area contributed by atoms with E-state index < -0.39 is 0 Å². The highest BCUT2D eigenvalue weighted by atomic mass is 32.1. The molecule has 0 amide bonds. The number of hydrogen-bond acceptors (Lipinski definition) is 13. The maximum atomic E-state index is 14.1. The molecule has 280 valence electrons. The summed E-state index contributed by atoms with van der Waals surface area (Å²) in [5.74, 6) is 2.46. The lowest BCUT2D eigenvalue weighted by Crippen LogP contribution is -2.16. The molecular weight excluding hydrogens is 749 g/mol. The molecule has 0 fully saturated rings. The summed E-state index contributed by atoms with van der Waals surface area (Å²) in [5, 5.41) is 17.9. The lowest BCUT2D eigenvalue weighted by atomic mass is 9.85. The molecular formula is C41H34N8O5S2. The number of carbonyl (C=O) groups excluding carboxylic acids is 1. The smallest absolute Gasteiger partial charge is 0.231 e. The highest BCUT2D eigenvalue weighted by Gasteiger charge is 2.25. The Balaban J connectivity index is 0.824. The summed E-state index contributed by atoms with van der Waals surface area (Å²) in [4.78, 5) is 24.9. The molecule has 0 bridgehead atoms. The van der Waals surface area contributed by atoms with Gasteiger partial charge in [0.1, 0.15) is 5.78 Å². The van der Waals surface area contributed by atoms with Gasteiger partial charge < -0.3 is 29.6 Å². The first-order valence-electron chi connectivity index (χ1n) is 18.1. The van der Waals surface area contributed by atoms with Crippen molar-refractivity contribution in [2.75, 3.05) is 24.2 Å². The molecule has 0 aliphatic carbocycles. The maximum absolute atomic E-state index is 14.1. The van der Waals surface area contributed by atoms with E-state index in [9.17, 15) is 4.79 Å². The van der Waals surface area contributed by atoms with Crippen molar-refractivity contribution in [3.8, 4) is 45.5 Å².